The van der Waals surface area contributed by atoms with Gasteiger partial charge in [0.25, 0.3) is 0 Å². The fraction of sp³-hybridized carbons (Fsp3) is 0.357. The highest BCUT2D eigenvalue weighted by molar-refractivity contribution is 6.17. The number of imide groups is 1. The molecule has 1 aromatic rings. The topological polar surface area (TPSA) is 74.7 Å². The number of halogens is 1. The first-order chi connectivity index (χ1) is 9.21. The molecule has 5 nitrogen and oxygen atoms in total. The van der Waals surface area contributed by atoms with Gasteiger partial charge in [0.05, 0.1) is 11.3 Å². The van der Waals surface area contributed by atoms with Crippen molar-refractivity contribution in [2.45, 2.75) is 26.7 Å². The Morgan fingerprint density at radius 2 is 1.80 bits per heavy atom. The van der Waals surface area contributed by atoms with Crippen LogP contribution in [0.1, 0.15) is 37.0 Å². The molecule has 1 aliphatic rings. The highest BCUT2D eigenvalue weighted by Gasteiger charge is 2.38. The first-order valence-corrected chi connectivity index (χ1v) is 6.10. The van der Waals surface area contributed by atoms with E-state index in [1.165, 1.54) is 6.07 Å². The summed E-state index contributed by atoms with van der Waals surface area (Å²) in [7, 11) is 0. The number of hydrogen-bond acceptors (Lipinski definition) is 3. The largest absolute Gasteiger partial charge is 0.478 e. The Hall–Kier alpha value is -2.24. The zero-order valence-electron chi connectivity index (χ0n) is 11.1. The normalized spacial score (nSPS) is 18.2. The number of carboxylic acid groups (broad SMARTS) is 1. The predicted octanol–water partition coefficient (Wildman–Crippen LogP) is 2.20. The van der Waals surface area contributed by atoms with Gasteiger partial charge in [0, 0.05) is 12.8 Å². The Labute approximate surface area is 115 Å². The summed E-state index contributed by atoms with van der Waals surface area (Å²) in [4.78, 5) is 35.9. The van der Waals surface area contributed by atoms with Crippen molar-refractivity contribution in [3.8, 4) is 0 Å². The fourth-order valence-electron chi connectivity index (χ4n) is 2.28. The molecule has 1 aliphatic heterocycles. The lowest BCUT2D eigenvalue weighted by atomic mass is 9.81. The molecule has 1 fully saturated rings. The molecule has 6 heteroatoms. The van der Waals surface area contributed by atoms with Crippen LogP contribution in [-0.2, 0) is 9.59 Å². The number of carbonyl (C=O) groups excluding carboxylic acids is 2. The number of piperidine rings is 1. The highest BCUT2D eigenvalue weighted by atomic mass is 19.1. The van der Waals surface area contributed by atoms with Crippen LogP contribution >= 0.6 is 0 Å². The van der Waals surface area contributed by atoms with E-state index in [1.807, 2.05) is 13.8 Å². The Kier molecular flexibility index (Phi) is 3.33. The van der Waals surface area contributed by atoms with Gasteiger partial charge in [-0.15, -0.1) is 0 Å². The fourth-order valence-corrected chi connectivity index (χ4v) is 2.28. The molecule has 0 atom stereocenters. The number of amides is 2. The van der Waals surface area contributed by atoms with E-state index in [4.69, 9.17) is 5.11 Å². The molecule has 1 heterocycles. The van der Waals surface area contributed by atoms with E-state index in [1.54, 1.807) is 0 Å². The van der Waals surface area contributed by atoms with Gasteiger partial charge in [0.1, 0.15) is 5.82 Å². The summed E-state index contributed by atoms with van der Waals surface area (Å²) in [5.74, 6) is -3.16. The van der Waals surface area contributed by atoms with Gasteiger partial charge in [-0.25, -0.2) is 9.18 Å². The Morgan fingerprint density at radius 1 is 1.25 bits per heavy atom. The Balaban J connectivity index is 2.42. The van der Waals surface area contributed by atoms with Crippen molar-refractivity contribution >= 4 is 23.5 Å². The van der Waals surface area contributed by atoms with E-state index in [2.05, 4.69) is 0 Å². The van der Waals surface area contributed by atoms with Crippen molar-refractivity contribution in [3.63, 3.8) is 0 Å². The molecular formula is C14H14FNO4. The summed E-state index contributed by atoms with van der Waals surface area (Å²) in [5.41, 5.74) is -0.886. The first kappa shape index (κ1) is 14.2. The lowest BCUT2D eigenvalue weighted by Crippen LogP contribution is -2.46. The van der Waals surface area contributed by atoms with Gasteiger partial charge < -0.3 is 5.11 Å². The SMILES string of the molecule is CC1(C)CC(=O)N(c2ccc(F)c(C(=O)O)c2)C(=O)C1. The minimum absolute atomic E-state index is 0.0919. The minimum atomic E-state index is -1.44. The molecule has 1 N–H and O–H groups in total. The van der Waals surface area contributed by atoms with E-state index in [-0.39, 0.29) is 18.5 Å². The van der Waals surface area contributed by atoms with Gasteiger partial charge >= 0.3 is 5.97 Å². The average molecular weight is 279 g/mol. The second-order valence-electron chi connectivity index (χ2n) is 5.61. The molecule has 0 bridgehead atoms. The van der Waals surface area contributed by atoms with Gasteiger partial charge in [0.2, 0.25) is 11.8 Å². The van der Waals surface area contributed by atoms with Gasteiger partial charge in [-0.05, 0) is 23.6 Å². The maximum Gasteiger partial charge on any atom is 0.338 e. The van der Waals surface area contributed by atoms with Gasteiger partial charge in [0.15, 0.2) is 0 Å². The average Bonchev–Trinajstić information content (AvgIpc) is 2.28. The van der Waals surface area contributed by atoms with Crippen LogP contribution in [0.4, 0.5) is 10.1 Å². The standard InChI is InChI=1S/C14H14FNO4/c1-14(2)6-11(17)16(12(18)7-14)8-3-4-10(15)9(5-8)13(19)20/h3-5H,6-7H2,1-2H3,(H,19,20). The Bertz CT molecular complexity index is 589. The maximum atomic E-state index is 13.3. The minimum Gasteiger partial charge on any atom is -0.478 e. The second kappa shape index (κ2) is 4.70. The number of benzene rings is 1. The van der Waals surface area contributed by atoms with Crippen molar-refractivity contribution in [1.82, 2.24) is 0 Å². The highest BCUT2D eigenvalue weighted by Crippen LogP contribution is 2.34. The molecule has 0 aliphatic carbocycles. The molecule has 1 aromatic carbocycles. The molecular weight excluding hydrogens is 265 g/mol. The van der Waals surface area contributed by atoms with Crippen LogP contribution in [0.2, 0.25) is 0 Å². The summed E-state index contributed by atoms with van der Waals surface area (Å²) >= 11 is 0. The third-order valence-electron chi connectivity index (χ3n) is 3.20. The predicted molar refractivity (Wildman–Crippen MR) is 68.9 cm³/mol. The van der Waals surface area contributed by atoms with E-state index >= 15 is 0 Å². The molecule has 0 unspecified atom stereocenters. The monoisotopic (exact) mass is 279 g/mol. The van der Waals surface area contributed by atoms with E-state index in [0.29, 0.717) is 0 Å². The Morgan fingerprint density at radius 3 is 2.30 bits per heavy atom. The lowest BCUT2D eigenvalue weighted by Gasteiger charge is -2.34. The molecule has 0 aromatic heterocycles. The van der Waals surface area contributed by atoms with Crippen molar-refractivity contribution < 1.29 is 23.9 Å². The molecule has 0 saturated carbocycles. The molecule has 20 heavy (non-hydrogen) atoms. The summed E-state index contributed by atoms with van der Waals surface area (Å²) < 4.78 is 13.3. The third kappa shape index (κ3) is 2.54. The van der Waals surface area contributed by atoms with E-state index < -0.39 is 34.6 Å². The number of nitrogens with zero attached hydrogens (tertiary/aromatic N) is 1. The van der Waals surface area contributed by atoms with E-state index in [9.17, 15) is 18.8 Å². The summed E-state index contributed by atoms with van der Waals surface area (Å²) in [5, 5.41) is 8.87. The summed E-state index contributed by atoms with van der Waals surface area (Å²) in [6, 6.07) is 3.18. The zero-order chi connectivity index (χ0) is 15.1. The van der Waals surface area contributed by atoms with Crippen molar-refractivity contribution in [1.29, 1.82) is 0 Å². The maximum absolute atomic E-state index is 13.3. The number of rotatable bonds is 2. The molecule has 106 valence electrons. The molecule has 0 radical (unpaired) electrons. The first-order valence-electron chi connectivity index (χ1n) is 6.10. The van der Waals surface area contributed by atoms with Crippen LogP contribution in [0.5, 0.6) is 0 Å². The van der Waals surface area contributed by atoms with E-state index in [0.717, 1.165) is 17.0 Å². The van der Waals surface area contributed by atoms with Gasteiger partial charge in [-0.1, -0.05) is 13.8 Å². The molecule has 0 spiro atoms. The van der Waals surface area contributed by atoms with Crippen LogP contribution in [0.15, 0.2) is 18.2 Å². The van der Waals surface area contributed by atoms with Crippen LogP contribution in [-0.4, -0.2) is 22.9 Å². The number of hydrogen-bond donors (Lipinski definition) is 1. The lowest BCUT2D eigenvalue weighted by molar-refractivity contribution is -0.132. The molecule has 2 amide bonds. The third-order valence-corrected chi connectivity index (χ3v) is 3.20. The van der Waals surface area contributed by atoms with Crippen LogP contribution in [0.25, 0.3) is 0 Å². The van der Waals surface area contributed by atoms with Crippen molar-refractivity contribution in [3.05, 3.63) is 29.6 Å². The van der Waals surface area contributed by atoms with Crippen molar-refractivity contribution in [2.24, 2.45) is 5.41 Å². The summed E-state index contributed by atoms with van der Waals surface area (Å²) in [6.07, 6.45) is 0.358. The quantitative estimate of drug-likeness (QED) is 0.842. The smallest absolute Gasteiger partial charge is 0.338 e. The van der Waals surface area contributed by atoms with Gasteiger partial charge in [-0.3, -0.25) is 14.5 Å². The number of anilines is 1. The van der Waals surface area contributed by atoms with Gasteiger partial charge in [-0.2, -0.15) is 0 Å². The number of carbonyl (C=O) groups is 3. The molecule has 1 saturated heterocycles. The number of aromatic carboxylic acids is 1. The second-order valence-corrected chi connectivity index (χ2v) is 5.61. The molecule has 2 rings (SSSR count). The van der Waals surface area contributed by atoms with Crippen molar-refractivity contribution in [2.75, 3.05) is 4.90 Å². The van der Waals surface area contributed by atoms with Crippen LogP contribution in [0, 0.1) is 11.2 Å². The van der Waals surface area contributed by atoms with Crippen LogP contribution in [0.3, 0.4) is 0 Å². The van der Waals surface area contributed by atoms with Crippen LogP contribution < -0.4 is 4.90 Å². The number of carboxylic acids is 1. The summed E-state index contributed by atoms with van der Waals surface area (Å²) in [6.45, 7) is 3.63. The zero-order valence-corrected chi connectivity index (χ0v) is 11.1.